The Morgan fingerprint density at radius 3 is 2.76 bits per heavy atom. The molecule has 0 atom stereocenters. The molecule has 2 N–H and O–H groups in total. The summed E-state index contributed by atoms with van der Waals surface area (Å²) >= 11 is 0. The van der Waals surface area contributed by atoms with Crippen LogP contribution in [0.4, 0.5) is 5.95 Å². The topological polar surface area (TPSA) is 73.9 Å². The molecule has 17 heavy (non-hydrogen) atoms. The zero-order chi connectivity index (χ0) is 12.3. The van der Waals surface area contributed by atoms with Gasteiger partial charge in [-0.1, -0.05) is 19.1 Å². The van der Waals surface area contributed by atoms with Crippen LogP contribution in [0, 0.1) is 0 Å². The Bertz CT molecular complexity index is 528. The van der Waals surface area contributed by atoms with E-state index in [4.69, 9.17) is 10.5 Å². The second kappa shape index (κ2) is 4.78. The maximum Gasteiger partial charge on any atom is 0.223 e. The lowest BCUT2D eigenvalue weighted by molar-refractivity contribution is 0.415. The first-order valence-corrected chi connectivity index (χ1v) is 5.37. The van der Waals surface area contributed by atoms with Crippen LogP contribution in [0.15, 0.2) is 24.3 Å². The zero-order valence-electron chi connectivity index (χ0n) is 9.84. The van der Waals surface area contributed by atoms with Gasteiger partial charge >= 0.3 is 0 Å². The molecular formula is C12H14N4O. The fourth-order valence-electron chi connectivity index (χ4n) is 1.49. The summed E-state index contributed by atoms with van der Waals surface area (Å²) in [5, 5.41) is 0. The van der Waals surface area contributed by atoms with Crippen LogP contribution < -0.4 is 10.5 Å². The number of anilines is 1. The number of hydrogen-bond acceptors (Lipinski definition) is 5. The molecule has 0 amide bonds. The summed E-state index contributed by atoms with van der Waals surface area (Å²) in [5.41, 5.74) is 6.52. The quantitative estimate of drug-likeness (QED) is 0.868. The summed E-state index contributed by atoms with van der Waals surface area (Å²) in [4.78, 5) is 12.5. The maximum absolute atomic E-state index is 5.65. The van der Waals surface area contributed by atoms with Gasteiger partial charge < -0.3 is 10.5 Å². The fourth-order valence-corrected chi connectivity index (χ4v) is 1.49. The second-order valence-corrected chi connectivity index (χ2v) is 3.52. The Morgan fingerprint density at radius 1 is 1.24 bits per heavy atom. The van der Waals surface area contributed by atoms with Crippen molar-refractivity contribution < 1.29 is 4.74 Å². The van der Waals surface area contributed by atoms with Gasteiger partial charge in [0.05, 0.1) is 7.11 Å². The van der Waals surface area contributed by atoms with E-state index in [1.807, 2.05) is 31.2 Å². The molecule has 1 aromatic carbocycles. The normalized spacial score (nSPS) is 10.2. The van der Waals surface area contributed by atoms with Gasteiger partial charge in [0.25, 0.3) is 0 Å². The Hall–Kier alpha value is -2.17. The average Bonchev–Trinajstić information content (AvgIpc) is 2.38. The third-order valence-electron chi connectivity index (χ3n) is 2.34. The molecule has 0 fully saturated rings. The molecule has 0 saturated carbocycles. The summed E-state index contributed by atoms with van der Waals surface area (Å²) in [6.07, 6.45) is 0.726. The minimum atomic E-state index is 0.245. The molecule has 0 aliphatic heterocycles. The van der Waals surface area contributed by atoms with Crippen LogP contribution in [-0.4, -0.2) is 22.1 Å². The minimum absolute atomic E-state index is 0.245. The average molecular weight is 230 g/mol. The lowest BCUT2D eigenvalue weighted by Crippen LogP contribution is -2.04. The predicted octanol–water partition coefficient (Wildman–Crippen LogP) is 1.69. The van der Waals surface area contributed by atoms with E-state index >= 15 is 0 Å². The first kappa shape index (κ1) is 11.3. The molecule has 1 heterocycles. The third-order valence-corrected chi connectivity index (χ3v) is 2.34. The highest BCUT2D eigenvalue weighted by Gasteiger charge is 2.06. The van der Waals surface area contributed by atoms with E-state index in [1.165, 1.54) is 0 Å². The highest BCUT2D eigenvalue weighted by atomic mass is 16.5. The van der Waals surface area contributed by atoms with Gasteiger partial charge in [-0.25, -0.2) is 4.98 Å². The van der Waals surface area contributed by atoms with E-state index in [2.05, 4.69) is 15.0 Å². The van der Waals surface area contributed by atoms with Crippen LogP contribution in [0.25, 0.3) is 11.4 Å². The SMILES string of the molecule is CCc1nc(N)nc(-c2cccc(OC)c2)n1. The van der Waals surface area contributed by atoms with Crippen LogP contribution in [0.5, 0.6) is 5.75 Å². The Kier molecular flexibility index (Phi) is 3.18. The molecule has 0 aliphatic carbocycles. The van der Waals surface area contributed by atoms with Crippen molar-refractivity contribution >= 4 is 5.95 Å². The van der Waals surface area contributed by atoms with E-state index < -0.39 is 0 Å². The lowest BCUT2D eigenvalue weighted by Gasteiger charge is -2.05. The third kappa shape index (κ3) is 2.50. The number of nitrogens with zero attached hydrogens (tertiary/aromatic N) is 3. The summed E-state index contributed by atoms with van der Waals surface area (Å²) in [6, 6.07) is 7.54. The van der Waals surface area contributed by atoms with Gasteiger partial charge in [0.15, 0.2) is 5.82 Å². The Morgan fingerprint density at radius 2 is 2.06 bits per heavy atom. The molecule has 0 bridgehead atoms. The first-order valence-electron chi connectivity index (χ1n) is 5.37. The van der Waals surface area contributed by atoms with Gasteiger partial charge in [-0.2, -0.15) is 9.97 Å². The number of aryl methyl sites for hydroxylation is 1. The zero-order valence-corrected chi connectivity index (χ0v) is 9.84. The number of methoxy groups -OCH3 is 1. The van der Waals surface area contributed by atoms with E-state index in [0.717, 1.165) is 17.7 Å². The number of benzene rings is 1. The van der Waals surface area contributed by atoms with E-state index in [0.29, 0.717) is 11.6 Å². The van der Waals surface area contributed by atoms with E-state index in [9.17, 15) is 0 Å². The number of nitrogens with two attached hydrogens (primary N) is 1. The smallest absolute Gasteiger partial charge is 0.223 e. The van der Waals surface area contributed by atoms with Crippen molar-refractivity contribution in [1.82, 2.24) is 15.0 Å². The summed E-state index contributed by atoms with van der Waals surface area (Å²) in [5.74, 6) is 2.28. The van der Waals surface area contributed by atoms with Crippen molar-refractivity contribution in [1.29, 1.82) is 0 Å². The number of ether oxygens (including phenoxy) is 1. The second-order valence-electron chi connectivity index (χ2n) is 3.52. The maximum atomic E-state index is 5.65. The van der Waals surface area contributed by atoms with Gasteiger partial charge in [-0.05, 0) is 12.1 Å². The summed E-state index contributed by atoms with van der Waals surface area (Å²) < 4.78 is 5.16. The van der Waals surface area contributed by atoms with Crippen molar-refractivity contribution in [3.05, 3.63) is 30.1 Å². The number of aromatic nitrogens is 3. The number of nitrogen functional groups attached to an aromatic ring is 1. The Balaban J connectivity index is 2.47. The van der Waals surface area contributed by atoms with Crippen molar-refractivity contribution in [3.8, 4) is 17.1 Å². The predicted molar refractivity (Wildman–Crippen MR) is 65.6 cm³/mol. The Labute approximate surface area is 99.7 Å². The van der Waals surface area contributed by atoms with Gasteiger partial charge in [0.2, 0.25) is 5.95 Å². The standard InChI is InChI=1S/C12H14N4O/c1-3-10-14-11(16-12(13)15-10)8-5-4-6-9(7-8)17-2/h4-7H,3H2,1-2H3,(H2,13,14,15,16). The largest absolute Gasteiger partial charge is 0.497 e. The monoisotopic (exact) mass is 230 g/mol. The van der Waals surface area contributed by atoms with Crippen LogP contribution in [0.1, 0.15) is 12.7 Å². The van der Waals surface area contributed by atoms with Gasteiger partial charge in [-0.15, -0.1) is 0 Å². The highest BCUT2D eigenvalue weighted by molar-refractivity contribution is 5.58. The molecule has 0 unspecified atom stereocenters. The van der Waals surface area contributed by atoms with E-state index in [1.54, 1.807) is 7.11 Å². The molecule has 2 rings (SSSR count). The van der Waals surface area contributed by atoms with Gasteiger partial charge in [-0.3, -0.25) is 0 Å². The molecule has 0 radical (unpaired) electrons. The molecule has 1 aromatic heterocycles. The first-order chi connectivity index (χ1) is 8.22. The molecular weight excluding hydrogens is 216 g/mol. The molecule has 0 saturated heterocycles. The van der Waals surface area contributed by atoms with Crippen LogP contribution in [-0.2, 0) is 6.42 Å². The van der Waals surface area contributed by atoms with Gasteiger partial charge in [0, 0.05) is 12.0 Å². The van der Waals surface area contributed by atoms with Crippen molar-refractivity contribution in [2.24, 2.45) is 0 Å². The van der Waals surface area contributed by atoms with Gasteiger partial charge in [0.1, 0.15) is 11.6 Å². The van der Waals surface area contributed by atoms with Crippen molar-refractivity contribution in [2.45, 2.75) is 13.3 Å². The number of hydrogen-bond donors (Lipinski definition) is 1. The molecule has 5 heteroatoms. The summed E-state index contributed by atoms with van der Waals surface area (Å²) in [7, 11) is 1.62. The molecule has 88 valence electrons. The van der Waals surface area contributed by atoms with Crippen LogP contribution in [0.3, 0.4) is 0 Å². The minimum Gasteiger partial charge on any atom is -0.497 e. The molecule has 0 spiro atoms. The van der Waals surface area contributed by atoms with Crippen LogP contribution >= 0.6 is 0 Å². The summed E-state index contributed by atoms with van der Waals surface area (Å²) in [6.45, 7) is 1.98. The molecule has 0 aliphatic rings. The molecule has 5 nitrogen and oxygen atoms in total. The van der Waals surface area contributed by atoms with Crippen LogP contribution in [0.2, 0.25) is 0 Å². The van der Waals surface area contributed by atoms with Crippen molar-refractivity contribution in [2.75, 3.05) is 12.8 Å². The van der Waals surface area contributed by atoms with E-state index in [-0.39, 0.29) is 5.95 Å². The van der Waals surface area contributed by atoms with Crippen molar-refractivity contribution in [3.63, 3.8) is 0 Å². The molecule has 2 aromatic rings. The lowest BCUT2D eigenvalue weighted by atomic mass is 10.2. The highest BCUT2D eigenvalue weighted by Crippen LogP contribution is 2.21. The number of rotatable bonds is 3. The fraction of sp³-hybridized carbons (Fsp3) is 0.250.